The summed E-state index contributed by atoms with van der Waals surface area (Å²) in [6.45, 7) is 1.81. The number of carbonyl (C=O) groups excluding carboxylic acids is 1. The van der Waals surface area contributed by atoms with Crippen molar-refractivity contribution >= 4 is 39.2 Å². The van der Waals surface area contributed by atoms with Crippen molar-refractivity contribution in [1.82, 2.24) is 4.98 Å². The van der Waals surface area contributed by atoms with Gasteiger partial charge in [0.05, 0.1) is 4.92 Å². The molecule has 1 heterocycles. The monoisotopic (exact) mass is 350 g/mol. The molecule has 0 saturated heterocycles. The molecule has 0 unspecified atom stereocenters. The molecular weight excluding hydrogens is 340 g/mol. The number of non-ortho nitro benzene ring substituents is 1. The molecule has 108 valence electrons. The maximum atomic E-state index is 11.9. The van der Waals surface area contributed by atoms with E-state index in [0.29, 0.717) is 11.5 Å². The molecule has 1 aromatic heterocycles. The van der Waals surface area contributed by atoms with Crippen LogP contribution in [0.4, 0.5) is 22.0 Å². The predicted octanol–water partition coefficient (Wildman–Crippen LogP) is 3.70. The zero-order valence-corrected chi connectivity index (χ0v) is 12.5. The van der Waals surface area contributed by atoms with Crippen molar-refractivity contribution in [2.75, 3.05) is 10.6 Å². The van der Waals surface area contributed by atoms with Crippen LogP contribution >= 0.6 is 15.9 Å². The number of carbonyl (C=O) groups is 1. The zero-order valence-electron chi connectivity index (χ0n) is 11.0. The molecule has 0 bridgehead atoms. The maximum absolute atomic E-state index is 11.9. The third-order valence-corrected chi connectivity index (χ3v) is 3.03. The fourth-order valence-corrected chi connectivity index (χ4v) is 2.08. The Hall–Kier alpha value is -2.48. The van der Waals surface area contributed by atoms with Gasteiger partial charge in [0.1, 0.15) is 5.82 Å². The molecule has 0 spiro atoms. The molecule has 0 aliphatic heterocycles. The van der Waals surface area contributed by atoms with Gasteiger partial charge in [-0.1, -0.05) is 6.07 Å². The summed E-state index contributed by atoms with van der Waals surface area (Å²) in [6, 6.07) is 6.99. The number of hydrogen-bond donors (Lipinski definition) is 2. The summed E-state index contributed by atoms with van der Waals surface area (Å²) in [5.74, 6) is 0.418. The molecule has 2 amide bonds. The van der Waals surface area contributed by atoms with E-state index in [-0.39, 0.29) is 5.69 Å². The molecule has 2 aromatic rings. The van der Waals surface area contributed by atoms with Gasteiger partial charge in [-0.25, -0.2) is 9.78 Å². The van der Waals surface area contributed by atoms with Gasteiger partial charge >= 0.3 is 6.03 Å². The van der Waals surface area contributed by atoms with Crippen LogP contribution in [-0.4, -0.2) is 15.9 Å². The molecule has 2 rings (SSSR count). The third-order valence-electron chi connectivity index (χ3n) is 2.59. The Morgan fingerprint density at radius 3 is 2.76 bits per heavy atom. The lowest BCUT2D eigenvalue weighted by Gasteiger charge is -2.09. The van der Waals surface area contributed by atoms with Crippen LogP contribution in [0.1, 0.15) is 5.56 Å². The number of nitro groups is 1. The number of nitro benzene ring substituents is 1. The van der Waals surface area contributed by atoms with E-state index in [9.17, 15) is 14.9 Å². The Labute approximate surface area is 128 Å². The maximum Gasteiger partial charge on any atom is 0.324 e. The van der Waals surface area contributed by atoms with Crippen molar-refractivity contribution in [3.63, 3.8) is 0 Å². The number of aromatic nitrogens is 1. The molecule has 0 fully saturated rings. The smallest absolute Gasteiger partial charge is 0.307 e. The predicted molar refractivity (Wildman–Crippen MR) is 82.4 cm³/mol. The van der Waals surface area contributed by atoms with E-state index in [0.717, 1.165) is 10.0 Å². The lowest BCUT2D eigenvalue weighted by Crippen LogP contribution is -2.20. The second-order valence-corrected chi connectivity index (χ2v) is 5.12. The number of urea groups is 1. The van der Waals surface area contributed by atoms with E-state index in [1.165, 1.54) is 18.2 Å². The number of rotatable bonds is 3. The Balaban J connectivity index is 2.08. The fraction of sp³-hybridized carbons (Fsp3) is 0.0769. The van der Waals surface area contributed by atoms with Crippen molar-refractivity contribution in [2.45, 2.75) is 6.92 Å². The van der Waals surface area contributed by atoms with E-state index >= 15 is 0 Å². The molecule has 0 aliphatic carbocycles. The lowest BCUT2D eigenvalue weighted by atomic mass is 10.3. The largest absolute Gasteiger partial charge is 0.324 e. The molecule has 7 nitrogen and oxygen atoms in total. The molecule has 21 heavy (non-hydrogen) atoms. The van der Waals surface area contributed by atoms with Gasteiger partial charge in [0.2, 0.25) is 0 Å². The molecule has 0 radical (unpaired) electrons. The van der Waals surface area contributed by atoms with Gasteiger partial charge in [0.15, 0.2) is 0 Å². The number of amides is 2. The van der Waals surface area contributed by atoms with Gasteiger partial charge in [-0.15, -0.1) is 0 Å². The normalized spacial score (nSPS) is 10.0. The standard InChI is InChI=1S/C13H11BrN4O3/c1-8-5-9(14)7-15-12(8)17-13(19)16-10-3-2-4-11(6-10)18(20)21/h2-7H,1H3,(H2,15,16,17,19). The average Bonchev–Trinajstić information content (AvgIpc) is 2.42. The highest BCUT2D eigenvalue weighted by Crippen LogP contribution is 2.19. The summed E-state index contributed by atoms with van der Waals surface area (Å²) in [7, 11) is 0. The molecule has 8 heteroatoms. The Morgan fingerprint density at radius 1 is 1.33 bits per heavy atom. The van der Waals surface area contributed by atoms with E-state index in [1.54, 1.807) is 19.2 Å². The summed E-state index contributed by atoms with van der Waals surface area (Å²) < 4.78 is 0.810. The van der Waals surface area contributed by atoms with Crippen LogP contribution in [0.25, 0.3) is 0 Å². The van der Waals surface area contributed by atoms with Crippen LogP contribution in [0, 0.1) is 17.0 Å². The molecule has 2 N–H and O–H groups in total. The van der Waals surface area contributed by atoms with Crippen LogP contribution in [0.15, 0.2) is 41.0 Å². The molecule has 0 aliphatic rings. The second kappa shape index (κ2) is 6.31. The van der Waals surface area contributed by atoms with Crippen LogP contribution in [0.2, 0.25) is 0 Å². The Bertz CT molecular complexity index is 706. The Morgan fingerprint density at radius 2 is 2.10 bits per heavy atom. The van der Waals surface area contributed by atoms with E-state index < -0.39 is 11.0 Å². The van der Waals surface area contributed by atoms with Crippen LogP contribution in [0.5, 0.6) is 0 Å². The first-order valence-electron chi connectivity index (χ1n) is 5.90. The van der Waals surface area contributed by atoms with Crippen molar-refractivity contribution in [2.24, 2.45) is 0 Å². The summed E-state index contributed by atoms with van der Waals surface area (Å²) in [6.07, 6.45) is 1.57. The first-order valence-corrected chi connectivity index (χ1v) is 6.69. The van der Waals surface area contributed by atoms with Crippen LogP contribution < -0.4 is 10.6 Å². The van der Waals surface area contributed by atoms with Crippen molar-refractivity contribution in [3.8, 4) is 0 Å². The Kier molecular flexibility index (Phi) is 4.49. The molecular formula is C13H11BrN4O3. The van der Waals surface area contributed by atoms with Gasteiger partial charge in [-0.3, -0.25) is 15.4 Å². The summed E-state index contributed by atoms with van der Waals surface area (Å²) in [5, 5.41) is 15.8. The number of anilines is 2. The zero-order chi connectivity index (χ0) is 15.4. The van der Waals surface area contributed by atoms with Crippen LogP contribution in [-0.2, 0) is 0 Å². The second-order valence-electron chi connectivity index (χ2n) is 4.21. The first kappa shape index (κ1) is 14.9. The summed E-state index contributed by atoms with van der Waals surface area (Å²) >= 11 is 3.28. The molecule has 0 saturated carbocycles. The number of hydrogen-bond acceptors (Lipinski definition) is 4. The van der Waals surface area contributed by atoms with Gasteiger partial charge in [0, 0.05) is 28.5 Å². The highest BCUT2D eigenvalue weighted by atomic mass is 79.9. The number of pyridine rings is 1. The average molecular weight is 351 g/mol. The van der Waals surface area contributed by atoms with Crippen molar-refractivity contribution in [1.29, 1.82) is 0 Å². The highest BCUT2D eigenvalue weighted by molar-refractivity contribution is 9.10. The fourth-order valence-electron chi connectivity index (χ4n) is 1.64. The van der Waals surface area contributed by atoms with E-state index in [2.05, 4.69) is 31.5 Å². The van der Waals surface area contributed by atoms with E-state index in [1.807, 2.05) is 6.07 Å². The minimum atomic E-state index is -0.524. The third kappa shape index (κ3) is 3.99. The summed E-state index contributed by atoms with van der Waals surface area (Å²) in [5.41, 5.74) is 1.03. The van der Waals surface area contributed by atoms with Crippen LogP contribution in [0.3, 0.4) is 0 Å². The molecule has 1 aromatic carbocycles. The SMILES string of the molecule is Cc1cc(Br)cnc1NC(=O)Nc1cccc([N+](=O)[O-])c1. The number of nitrogens with one attached hydrogen (secondary N) is 2. The lowest BCUT2D eigenvalue weighted by molar-refractivity contribution is -0.384. The number of halogens is 1. The quantitative estimate of drug-likeness (QED) is 0.651. The van der Waals surface area contributed by atoms with Gasteiger partial charge < -0.3 is 5.32 Å². The minimum absolute atomic E-state index is 0.0919. The number of aryl methyl sites for hydroxylation is 1. The van der Waals surface area contributed by atoms with E-state index in [4.69, 9.17) is 0 Å². The van der Waals surface area contributed by atoms with Gasteiger partial charge in [-0.2, -0.15) is 0 Å². The van der Waals surface area contributed by atoms with Crippen molar-refractivity contribution < 1.29 is 9.72 Å². The van der Waals surface area contributed by atoms with Crippen molar-refractivity contribution in [3.05, 3.63) is 56.7 Å². The molecule has 0 atom stereocenters. The highest BCUT2D eigenvalue weighted by Gasteiger charge is 2.09. The van der Waals surface area contributed by atoms with Gasteiger partial charge in [0.25, 0.3) is 5.69 Å². The number of benzene rings is 1. The van der Waals surface area contributed by atoms with Gasteiger partial charge in [-0.05, 0) is 40.5 Å². The number of nitrogens with zero attached hydrogens (tertiary/aromatic N) is 2. The summed E-state index contributed by atoms with van der Waals surface area (Å²) in [4.78, 5) is 26.1. The topological polar surface area (TPSA) is 97.2 Å². The first-order chi connectivity index (χ1) is 9.95. The minimum Gasteiger partial charge on any atom is -0.307 e.